The summed E-state index contributed by atoms with van der Waals surface area (Å²) in [6.07, 6.45) is 0.0152. The third kappa shape index (κ3) is 5.52. The smallest absolute Gasteiger partial charge is 0.306 e. The number of para-hydroxylation sites is 1. The number of halogens is 1. The minimum Gasteiger partial charge on any atom is -0.486 e. The van der Waals surface area contributed by atoms with Crippen molar-refractivity contribution in [1.82, 2.24) is 19.9 Å². The number of esters is 1. The molecule has 5 rings (SSSR count). The quantitative estimate of drug-likeness (QED) is 0.283. The van der Waals surface area contributed by atoms with Gasteiger partial charge in [0.2, 0.25) is 0 Å². The van der Waals surface area contributed by atoms with E-state index in [9.17, 15) is 4.79 Å². The van der Waals surface area contributed by atoms with Crippen LogP contribution >= 0.6 is 0 Å². The first-order chi connectivity index (χ1) is 18.7. The molecule has 1 aliphatic rings. The van der Waals surface area contributed by atoms with E-state index in [1.165, 1.54) is 7.11 Å². The summed E-state index contributed by atoms with van der Waals surface area (Å²) in [5.41, 5.74) is 5.14. The van der Waals surface area contributed by atoms with Gasteiger partial charge in [0.15, 0.2) is 5.82 Å². The molecule has 1 unspecified atom stereocenters. The lowest BCUT2D eigenvalue weighted by atomic mass is 9.86. The van der Waals surface area contributed by atoms with Crippen molar-refractivity contribution < 1.29 is 18.7 Å². The maximum atomic E-state index is 15.8. The number of hydrogen-bond acceptors (Lipinski definition) is 6. The van der Waals surface area contributed by atoms with Crippen LogP contribution in [-0.2, 0) is 29.2 Å². The molecular formula is C31H35FN4O3. The van der Waals surface area contributed by atoms with Crippen molar-refractivity contribution in [2.24, 2.45) is 0 Å². The van der Waals surface area contributed by atoms with Crippen molar-refractivity contribution in [3.05, 3.63) is 88.2 Å². The molecule has 0 fully saturated rings. The Kier molecular flexibility index (Phi) is 7.40. The number of ether oxygens (including phenoxy) is 2. The highest BCUT2D eigenvalue weighted by atomic mass is 19.1. The van der Waals surface area contributed by atoms with Crippen molar-refractivity contribution in [2.75, 3.05) is 13.7 Å². The summed E-state index contributed by atoms with van der Waals surface area (Å²) in [5.74, 6) is -0.467. The molecule has 0 bridgehead atoms. The molecule has 3 aromatic carbocycles. The Morgan fingerprint density at radius 3 is 2.74 bits per heavy atom. The molecule has 1 aromatic heterocycles. The standard InChI is InChI=1S/C31H35FN4O3/c1-6-36-26-14-13-24(29(32)30(26)33-34-36)25(16-28(37)38-5)21-12-11-20(2)23(15-21)18-35-17-22-9-7-8-10-27(22)39-31(3,4)19-35/h7-15,25H,6,16-19H2,1-5H3. The lowest BCUT2D eigenvalue weighted by molar-refractivity contribution is -0.140. The highest BCUT2D eigenvalue weighted by molar-refractivity contribution is 5.77. The molecule has 4 aromatic rings. The van der Waals surface area contributed by atoms with Gasteiger partial charge in [-0.05, 0) is 62.1 Å². The molecule has 0 radical (unpaired) electrons. The average molecular weight is 531 g/mol. The average Bonchev–Trinajstić information content (AvgIpc) is 3.28. The second kappa shape index (κ2) is 10.8. The van der Waals surface area contributed by atoms with Crippen LogP contribution < -0.4 is 4.74 Å². The number of fused-ring (bicyclic) bond motifs is 2. The van der Waals surface area contributed by atoms with Gasteiger partial charge in [-0.2, -0.15) is 0 Å². The molecule has 7 nitrogen and oxygen atoms in total. The Bertz CT molecular complexity index is 1510. The number of hydrogen-bond donors (Lipinski definition) is 0. The highest BCUT2D eigenvalue weighted by Gasteiger charge is 2.30. The van der Waals surface area contributed by atoms with E-state index in [1.54, 1.807) is 10.7 Å². The number of carbonyl (C=O) groups excluding carboxylic acids is 1. The number of methoxy groups -OCH3 is 1. The third-order valence-corrected chi connectivity index (χ3v) is 7.46. The van der Waals surface area contributed by atoms with E-state index >= 15 is 4.39 Å². The number of carbonyl (C=O) groups is 1. The fourth-order valence-corrected chi connectivity index (χ4v) is 5.51. The first kappa shape index (κ1) is 26.8. The summed E-state index contributed by atoms with van der Waals surface area (Å²) in [7, 11) is 1.35. The number of aryl methyl sites for hydroxylation is 2. The van der Waals surface area contributed by atoms with Crippen LogP contribution in [0.3, 0.4) is 0 Å². The van der Waals surface area contributed by atoms with Gasteiger partial charge >= 0.3 is 5.97 Å². The van der Waals surface area contributed by atoms with E-state index in [-0.39, 0.29) is 17.5 Å². The summed E-state index contributed by atoms with van der Waals surface area (Å²) < 4.78 is 28.8. The van der Waals surface area contributed by atoms with Crippen LogP contribution in [0.25, 0.3) is 11.0 Å². The molecule has 8 heteroatoms. The Morgan fingerprint density at radius 1 is 1.18 bits per heavy atom. The minimum atomic E-state index is -0.530. The Labute approximate surface area is 228 Å². The van der Waals surface area contributed by atoms with Gasteiger partial charge in [-0.25, -0.2) is 9.07 Å². The fraction of sp³-hybridized carbons (Fsp3) is 0.387. The molecular weight excluding hydrogens is 495 g/mol. The summed E-state index contributed by atoms with van der Waals surface area (Å²) in [6, 6.07) is 17.8. The monoisotopic (exact) mass is 530 g/mol. The molecule has 2 heterocycles. The minimum absolute atomic E-state index is 0.0152. The summed E-state index contributed by atoms with van der Waals surface area (Å²) in [6.45, 7) is 11.0. The second-order valence-electron chi connectivity index (χ2n) is 10.9. The zero-order valence-corrected chi connectivity index (χ0v) is 23.2. The van der Waals surface area contributed by atoms with Crippen LogP contribution in [-0.4, -0.2) is 45.1 Å². The number of nitrogens with zero attached hydrogens (tertiary/aromatic N) is 4. The van der Waals surface area contributed by atoms with Crippen LogP contribution in [0.5, 0.6) is 5.75 Å². The van der Waals surface area contributed by atoms with Gasteiger partial charge in [-0.1, -0.05) is 47.7 Å². The van der Waals surface area contributed by atoms with Crippen LogP contribution in [0, 0.1) is 12.7 Å². The van der Waals surface area contributed by atoms with Gasteiger partial charge in [-0.3, -0.25) is 9.69 Å². The molecule has 39 heavy (non-hydrogen) atoms. The van der Waals surface area contributed by atoms with Crippen molar-refractivity contribution in [3.8, 4) is 5.75 Å². The van der Waals surface area contributed by atoms with Crippen LogP contribution in [0.2, 0.25) is 0 Å². The van der Waals surface area contributed by atoms with Crippen molar-refractivity contribution >= 4 is 17.0 Å². The van der Waals surface area contributed by atoms with Gasteiger partial charge in [0.25, 0.3) is 0 Å². The largest absolute Gasteiger partial charge is 0.486 e. The summed E-state index contributed by atoms with van der Waals surface area (Å²) in [4.78, 5) is 14.9. The third-order valence-electron chi connectivity index (χ3n) is 7.46. The topological polar surface area (TPSA) is 69.5 Å². The molecule has 0 aliphatic carbocycles. The number of aromatic nitrogens is 3. The van der Waals surface area contributed by atoms with E-state index in [0.29, 0.717) is 24.2 Å². The van der Waals surface area contributed by atoms with E-state index in [4.69, 9.17) is 9.47 Å². The maximum Gasteiger partial charge on any atom is 0.306 e. The first-order valence-electron chi connectivity index (χ1n) is 13.4. The molecule has 0 spiro atoms. The Morgan fingerprint density at radius 2 is 1.97 bits per heavy atom. The fourth-order valence-electron chi connectivity index (χ4n) is 5.51. The first-order valence-corrected chi connectivity index (χ1v) is 13.4. The molecule has 0 saturated heterocycles. The van der Waals surface area contributed by atoms with Crippen molar-refractivity contribution in [2.45, 2.75) is 65.3 Å². The predicted octanol–water partition coefficient (Wildman–Crippen LogP) is 5.77. The SMILES string of the molecule is CCn1nnc2c(F)c(C(CC(=O)OC)c3ccc(C)c(CN4Cc5ccccc5OC(C)(C)C4)c3)ccc21. The van der Waals surface area contributed by atoms with Crippen LogP contribution in [0.4, 0.5) is 4.39 Å². The highest BCUT2D eigenvalue weighted by Crippen LogP contribution is 2.35. The lowest BCUT2D eigenvalue weighted by Gasteiger charge is -2.30. The zero-order chi connectivity index (χ0) is 27.7. The van der Waals surface area contributed by atoms with Gasteiger partial charge in [0.05, 0.1) is 19.0 Å². The lowest BCUT2D eigenvalue weighted by Crippen LogP contribution is -2.40. The Hall–Kier alpha value is -3.78. The van der Waals surface area contributed by atoms with Crippen LogP contribution in [0.1, 0.15) is 60.9 Å². The van der Waals surface area contributed by atoms with Gasteiger partial charge in [-0.15, -0.1) is 5.10 Å². The van der Waals surface area contributed by atoms with E-state index < -0.39 is 17.7 Å². The van der Waals surface area contributed by atoms with Gasteiger partial charge in [0, 0.05) is 37.7 Å². The normalized spacial score (nSPS) is 15.8. The summed E-state index contributed by atoms with van der Waals surface area (Å²) >= 11 is 0. The summed E-state index contributed by atoms with van der Waals surface area (Å²) in [5, 5.41) is 8.15. The molecule has 204 valence electrons. The Balaban J connectivity index is 1.52. The second-order valence-corrected chi connectivity index (χ2v) is 10.9. The van der Waals surface area contributed by atoms with Crippen LogP contribution in [0.15, 0.2) is 54.6 Å². The van der Waals surface area contributed by atoms with Crippen molar-refractivity contribution in [1.29, 1.82) is 0 Å². The molecule has 0 N–H and O–H groups in total. The van der Waals surface area contributed by atoms with Crippen molar-refractivity contribution in [3.63, 3.8) is 0 Å². The predicted molar refractivity (Wildman–Crippen MR) is 148 cm³/mol. The molecule has 0 amide bonds. The number of benzene rings is 3. The van der Waals surface area contributed by atoms with E-state index in [0.717, 1.165) is 41.1 Å². The molecule has 1 aliphatic heterocycles. The zero-order valence-electron chi connectivity index (χ0n) is 23.2. The maximum absolute atomic E-state index is 15.8. The van der Waals surface area contributed by atoms with E-state index in [1.807, 2.05) is 43.3 Å². The molecule has 1 atom stereocenters. The van der Waals surface area contributed by atoms with E-state index in [2.05, 4.69) is 48.1 Å². The molecule has 0 saturated carbocycles. The number of rotatable bonds is 7. The van der Waals surface area contributed by atoms with Gasteiger partial charge in [0.1, 0.15) is 16.9 Å². The van der Waals surface area contributed by atoms with Gasteiger partial charge < -0.3 is 9.47 Å².